The minimum atomic E-state index is -0.468. The summed E-state index contributed by atoms with van der Waals surface area (Å²) in [7, 11) is 0. The van der Waals surface area contributed by atoms with Gasteiger partial charge in [-0.3, -0.25) is 4.79 Å². The molecular formula is C22H22N2O. The zero-order valence-electron chi connectivity index (χ0n) is 14.5. The van der Waals surface area contributed by atoms with Crippen LogP contribution in [0.4, 0.5) is 11.4 Å². The zero-order chi connectivity index (χ0) is 17.6. The van der Waals surface area contributed by atoms with E-state index >= 15 is 0 Å². The van der Waals surface area contributed by atoms with Crippen molar-refractivity contribution >= 4 is 17.3 Å². The van der Waals surface area contributed by atoms with Crippen molar-refractivity contribution in [3.8, 4) is 0 Å². The van der Waals surface area contributed by atoms with E-state index < -0.39 is 6.04 Å². The number of hydrogen-bond acceptors (Lipinski definition) is 2. The van der Waals surface area contributed by atoms with Crippen LogP contribution in [0.25, 0.3) is 0 Å². The van der Waals surface area contributed by atoms with Crippen LogP contribution >= 0.6 is 0 Å². The first kappa shape index (κ1) is 16.8. The van der Waals surface area contributed by atoms with Crippen molar-refractivity contribution in [2.45, 2.75) is 19.9 Å². The summed E-state index contributed by atoms with van der Waals surface area (Å²) in [6.45, 7) is 4.06. The molecule has 126 valence electrons. The Hall–Kier alpha value is -3.07. The van der Waals surface area contributed by atoms with Gasteiger partial charge in [0, 0.05) is 11.4 Å². The maximum atomic E-state index is 12.9. The third kappa shape index (κ3) is 4.48. The Kier molecular flexibility index (Phi) is 5.14. The SMILES string of the molecule is Cc1ccc(NC(=O)[C@H](Nc2cccc(C)c2)c2ccccc2)cc1. The van der Waals surface area contributed by atoms with Gasteiger partial charge in [-0.25, -0.2) is 0 Å². The molecule has 3 heteroatoms. The molecule has 0 unspecified atom stereocenters. The summed E-state index contributed by atoms with van der Waals surface area (Å²) in [5.41, 5.74) is 4.95. The molecule has 0 aromatic heterocycles. The average Bonchev–Trinajstić information content (AvgIpc) is 2.62. The lowest BCUT2D eigenvalue weighted by Crippen LogP contribution is -2.27. The molecular weight excluding hydrogens is 308 g/mol. The highest BCUT2D eigenvalue weighted by Gasteiger charge is 2.20. The predicted octanol–water partition coefficient (Wildman–Crippen LogP) is 5.10. The lowest BCUT2D eigenvalue weighted by Gasteiger charge is -2.20. The van der Waals surface area contributed by atoms with Gasteiger partial charge in [-0.1, -0.05) is 60.2 Å². The van der Waals surface area contributed by atoms with Gasteiger partial charge in [0.05, 0.1) is 0 Å². The summed E-state index contributed by atoms with van der Waals surface area (Å²) >= 11 is 0. The Morgan fingerprint density at radius 2 is 1.48 bits per heavy atom. The lowest BCUT2D eigenvalue weighted by atomic mass is 10.0. The van der Waals surface area contributed by atoms with Gasteiger partial charge in [0.15, 0.2) is 0 Å². The van der Waals surface area contributed by atoms with Gasteiger partial charge in [0.25, 0.3) is 5.91 Å². The highest BCUT2D eigenvalue weighted by Crippen LogP contribution is 2.22. The van der Waals surface area contributed by atoms with Crippen LogP contribution in [-0.2, 0) is 4.79 Å². The number of benzene rings is 3. The molecule has 3 nitrogen and oxygen atoms in total. The fourth-order valence-electron chi connectivity index (χ4n) is 2.70. The zero-order valence-corrected chi connectivity index (χ0v) is 14.5. The first-order valence-electron chi connectivity index (χ1n) is 8.37. The summed E-state index contributed by atoms with van der Waals surface area (Å²) in [6, 6.07) is 25.1. The number of amides is 1. The van der Waals surface area contributed by atoms with Crippen LogP contribution in [0.1, 0.15) is 22.7 Å². The molecule has 0 heterocycles. The minimum absolute atomic E-state index is 0.0865. The largest absolute Gasteiger partial charge is 0.370 e. The van der Waals surface area contributed by atoms with E-state index in [1.165, 1.54) is 0 Å². The van der Waals surface area contributed by atoms with Crippen molar-refractivity contribution in [2.24, 2.45) is 0 Å². The standard InChI is InChI=1S/C22H22N2O/c1-16-11-13-19(14-12-16)24-22(25)21(18-8-4-3-5-9-18)23-20-10-6-7-17(2)15-20/h3-15,21,23H,1-2H3,(H,24,25)/t21-/m1/s1. The topological polar surface area (TPSA) is 41.1 Å². The quantitative estimate of drug-likeness (QED) is 0.684. The molecule has 0 fully saturated rings. The second-order valence-electron chi connectivity index (χ2n) is 6.21. The fraction of sp³-hybridized carbons (Fsp3) is 0.136. The van der Waals surface area contributed by atoms with Crippen molar-refractivity contribution < 1.29 is 4.79 Å². The van der Waals surface area contributed by atoms with Gasteiger partial charge < -0.3 is 10.6 Å². The molecule has 3 rings (SSSR count). The molecule has 0 radical (unpaired) electrons. The first-order valence-corrected chi connectivity index (χ1v) is 8.37. The van der Waals surface area contributed by atoms with Gasteiger partial charge in [-0.2, -0.15) is 0 Å². The van der Waals surface area contributed by atoms with E-state index in [1.54, 1.807) is 0 Å². The monoisotopic (exact) mass is 330 g/mol. The molecule has 1 atom stereocenters. The number of aryl methyl sites for hydroxylation is 2. The van der Waals surface area contributed by atoms with Gasteiger partial charge in [0.2, 0.25) is 0 Å². The molecule has 0 saturated heterocycles. The Bertz CT molecular complexity index is 841. The fourth-order valence-corrected chi connectivity index (χ4v) is 2.70. The molecule has 0 aliphatic heterocycles. The molecule has 3 aromatic rings. The van der Waals surface area contributed by atoms with Crippen LogP contribution in [0, 0.1) is 13.8 Å². The number of carbonyl (C=O) groups excluding carboxylic acids is 1. The van der Waals surface area contributed by atoms with E-state index in [0.29, 0.717) is 0 Å². The number of carbonyl (C=O) groups is 1. The normalized spacial score (nSPS) is 11.6. The van der Waals surface area contributed by atoms with Crippen molar-refractivity contribution in [1.82, 2.24) is 0 Å². The smallest absolute Gasteiger partial charge is 0.251 e. The summed E-state index contributed by atoms with van der Waals surface area (Å²) in [4.78, 5) is 12.9. The van der Waals surface area contributed by atoms with E-state index in [2.05, 4.69) is 10.6 Å². The van der Waals surface area contributed by atoms with Crippen LogP contribution in [-0.4, -0.2) is 5.91 Å². The Balaban J connectivity index is 1.85. The third-order valence-electron chi connectivity index (χ3n) is 4.04. The van der Waals surface area contributed by atoms with E-state index in [0.717, 1.165) is 28.1 Å². The molecule has 2 N–H and O–H groups in total. The van der Waals surface area contributed by atoms with Crippen LogP contribution in [0.2, 0.25) is 0 Å². The second kappa shape index (κ2) is 7.67. The summed E-state index contributed by atoms with van der Waals surface area (Å²) in [5.74, 6) is -0.0865. The number of rotatable bonds is 5. The van der Waals surface area contributed by atoms with Crippen LogP contribution < -0.4 is 10.6 Å². The molecule has 3 aromatic carbocycles. The highest BCUT2D eigenvalue weighted by molar-refractivity contribution is 5.97. The number of nitrogens with one attached hydrogen (secondary N) is 2. The van der Waals surface area contributed by atoms with Crippen molar-refractivity contribution in [1.29, 1.82) is 0 Å². The van der Waals surface area contributed by atoms with E-state index in [-0.39, 0.29) is 5.91 Å². The maximum Gasteiger partial charge on any atom is 0.251 e. The predicted molar refractivity (Wildman–Crippen MR) is 104 cm³/mol. The van der Waals surface area contributed by atoms with Gasteiger partial charge in [-0.15, -0.1) is 0 Å². The van der Waals surface area contributed by atoms with Crippen LogP contribution in [0.5, 0.6) is 0 Å². The molecule has 0 bridgehead atoms. The van der Waals surface area contributed by atoms with Gasteiger partial charge >= 0.3 is 0 Å². The molecule has 0 aliphatic rings. The minimum Gasteiger partial charge on any atom is -0.370 e. The molecule has 1 amide bonds. The molecule has 25 heavy (non-hydrogen) atoms. The Morgan fingerprint density at radius 1 is 0.760 bits per heavy atom. The highest BCUT2D eigenvalue weighted by atomic mass is 16.2. The number of hydrogen-bond donors (Lipinski definition) is 2. The Labute approximate surface area is 148 Å². The third-order valence-corrected chi connectivity index (χ3v) is 4.04. The Morgan fingerprint density at radius 3 is 2.16 bits per heavy atom. The van der Waals surface area contributed by atoms with E-state index in [9.17, 15) is 4.79 Å². The van der Waals surface area contributed by atoms with Crippen molar-refractivity contribution in [2.75, 3.05) is 10.6 Å². The summed E-state index contributed by atoms with van der Waals surface area (Å²) in [6.07, 6.45) is 0. The van der Waals surface area contributed by atoms with Gasteiger partial charge in [-0.05, 0) is 49.2 Å². The summed E-state index contributed by atoms with van der Waals surface area (Å²) in [5, 5.41) is 6.36. The van der Waals surface area contributed by atoms with Crippen LogP contribution in [0.3, 0.4) is 0 Å². The average molecular weight is 330 g/mol. The second-order valence-corrected chi connectivity index (χ2v) is 6.21. The van der Waals surface area contributed by atoms with Gasteiger partial charge in [0.1, 0.15) is 6.04 Å². The lowest BCUT2D eigenvalue weighted by molar-refractivity contribution is -0.117. The van der Waals surface area contributed by atoms with Crippen molar-refractivity contribution in [3.05, 3.63) is 95.6 Å². The molecule has 0 saturated carbocycles. The van der Waals surface area contributed by atoms with Crippen molar-refractivity contribution in [3.63, 3.8) is 0 Å². The van der Waals surface area contributed by atoms with E-state index in [4.69, 9.17) is 0 Å². The van der Waals surface area contributed by atoms with Crippen LogP contribution in [0.15, 0.2) is 78.9 Å². The summed E-state index contributed by atoms with van der Waals surface area (Å²) < 4.78 is 0. The number of anilines is 2. The van der Waals surface area contributed by atoms with E-state index in [1.807, 2.05) is 92.7 Å². The molecule has 0 aliphatic carbocycles. The maximum absolute atomic E-state index is 12.9. The molecule has 0 spiro atoms. The first-order chi connectivity index (χ1) is 12.1.